The summed E-state index contributed by atoms with van der Waals surface area (Å²) in [5.41, 5.74) is 11.7. The van der Waals surface area contributed by atoms with E-state index in [0.717, 1.165) is 115 Å². The molecule has 4 heterocycles. The monoisotopic (exact) mass is 770 g/mol. The van der Waals surface area contributed by atoms with Crippen molar-refractivity contribution in [2.24, 2.45) is 0 Å². The van der Waals surface area contributed by atoms with Crippen molar-refractivity contribution in [3.05, 3.63) is 194 Å². The molecule has 0 saturated heterocycles. The second-order valence-electron chi connectivity index (χ2n) is 15.5. The third-order valence-electron chi connectivity index (χ3n) is 12.2. The summed E-state index contributed by atoms with van der Waals surface area (Å²) in [6, 6.07) is 64.2. The summed E-state index contributed by atoms with van der Waals surface area (Å²) in [5.74, 6) is 0.357. The maximum atomic E-state index is 14.8. The van der Waals surface area contributed by atoms with Crippen molar-refractivity contribution >= 4 is 87.2 Å². The SMILES string of the molecule is Fc1ccc2c(c1)c1c3ccccc3ccc1n2-c1ccc(-c2nc(-n3c4ccccc4c4cc(-c5ccc6oc7ccccc7c6c5)ccc43)nc3ccccc23)cc1. The molecule has 13 rings (SSSR count). The number of furan rings is 1. The molecule has 0 fully saturated rings. The fraction of sp³-hybridized carbons (Fsp3) is 0. The Morgan fingerprint density at radius 3 is 1.92 bits per heavy atom. The van der Waals surface area contributed by atoms with Crippen LogP contribution in [0, 0.1) is 5.82 Å². The van der Waals surface area contributed by atoms with Crippen LogP contribution in [0.1, 0.15) is 0 Å². The Labute approximate surface area is 341 Å². The predicted octanol–water partition coefficient (Wildman–Crippen LogP) is 14.3. The van der Waals surface area contributed by atoms with Crippen molar-refractivity contribution < 1.29 is 8.81 Å². The summed E-state index contributed by atoms with van der Waals surface area (Å²) in [6.07, 6.45) is 0. The highest BCUT2D eigenvalue weighted by molar-refractivity contribution is 6.21. The molecule has 0 spiro atoms. The molecule has 0 aliphatic rings. The third kappa shape index (κ3) is 4.79. The molecule has 5 nitrogen and oxygen atoms in total. The number of aromatic nitrogens is 4. The van der Waals surface area contributed by atoms with E-state index >= 15 is 0 Å². The zero-order chi connectivity index (χ0) is 39.5. The quantitative estimate of drug-likeness (QED) is 0.179. The summed E-state index contributed by atoms with van der Waals surface area (Å²) >= 11 is 0. The molecule has 0 saturated carbocycles. The Bertz CT molecular complexity index is 3910. The van der Waals surface area contributed by atoms with Crippen LogP contribution in [0.5, 0.6) is 0 Å². The zero-order valence-electron chi connectivity index (χ0n) is 32.0. The molecule has 0 aliphatic heterocycles. The van der Waals surface area contributed by atoms with Gasteiger partial charge in [-0.15, -0.1) is 0 Å². The van der Waals surface area contributed by atoms with Crippen LogP contribution in [0.25, 0.3) is 121 Å². The first kappa shape index (κ1) is 32.9. The second kappa shape index (κ2) is 12.5. The third-order valence-corrected chi connectivity index (χ3v) is 12.2. The Morgan fingerprint density at radius 1 is 0.400 bits per heavy atom. The summed E-state index contributed by atoms with van der Waals surface area (Å²) in [5, 5.41) is 9.61. The first-order valence-electron chi connectivity index (χ1n) is 20.1. The fourth-order valence-corrected chi connectivity index (χ4v) is 9.47. The highest BCUT2D eigenvalue weighted by Crippen LogP contribution is 2.40. The van der Waals surface area contributed by atoms with E-state index in [1.807, 2.05) is 42.5 Å². The van der Waals surface area contributed by atoms with Crippen LogP contribution in [-0.2, 0) is 0 Å². The second-order valence-corrected chi connectivity index (χ2v) is 15.5. The molecule has 0 unspecified atom stereocenters. The van der Waals surface area contributed by atoms with E-state index in [4.69, 9.17) is 14.4 Å². The average Bonchev–Trinajstić information content (AvgIpc) is 3.96. The van der Waals surface area contributed by atoms with Crippen molar-refractivity contribution in [3.63, 3.8) is 0 Å². The topological polar surface area (TPSA) is 48.8 Å². The Hall–Kier alpha value is -8.09. The molecule has 9 aromatic carbocycles. The number of hydrogen-bond donors (Lipinski definition) is 0. The summed E-state index contributed by atoms with van der Waals surface area (Å²) in [4.78, 5) is 10.6. The predicted molar refractivity (Wildman–Crippen MR) is 244 cm³/mol. The van der Waals surface area contributed by atoms with Crippen LogP contribution in [0.3, 0.4) is 0 Å². The number of halogens is 1. The van der Waals surface area contributed by atoms with Crippen LogP contribution < -0.4 is 0 Å². The fourth-order valence-electron chi connectivity index (χ4n) is 9.47. The van der Waals surface area contributed by atoms with Gasteiger partial charge in [0.1, 0.15) is 17.0 Å². The Balaban J connectivity index is 0.965. The lowest BCUT2D eigenvalue weighted by Gasteiger charge is -2.13. The zero-order valence-corrected chi connectivity index (χ0v) is 32.0. The van der Waals surface area contributed by atoms with Gasteiger partial charge in [-0.3, -0.25) is 4.57 Å². The van der Waals surface area contributed by atoms with Gasteiger partial charge in [-0.2, -0.15) is 0 Å². The van der Waals surface area contributed by atoms with Crippen molar-refractivity contribution in [1.29, 1.82) is 0 Å². The smallest absolute Gasteiger partial charge is 0.235 e. The van der Waals surface area contributed by atoms with Crippen molar-refractivity contribution in [1.82, 2.24) is 19.1 Å². The molecule has 0 amide bonds. The number of hydrogen-bond acceptors (Lipinski definition) is 3. The molecule has 0 atom stereocenters. The van der Waals surface area contributed by atoms with Crippen molar-refractivity contribution in [2.45, 2.75) is 0 Å². The summed E-state index contributed by atoms with van der Waals surface area (Å²) in [7, 11) is 0. The van der Waals surface area contributed by atoms with Gasteiger partial charge in [-0.25, -0.2) is 14.4 Å². The molecule has 4 aromatic heterocycles. The highest BCUT2D eigenvalue weighted by Gasteiger charge is 2.20. The molecule has 13 aromatic rings. The highest BCUT2D eigenvalue weighted by atomic mass is 19.1. The Morgan fingerprint density at radius 2 is 1.03 bits per heavy atom. The average molecular weight is 771 g/mol. The number of rotatable bonds is 4. The largest absolute Gasteiger partial charge is 0.456 e. The maximum absolute atomic E-state index is 14.8. The van der Waals surface area contributed by atoms with Gasteiger partial charge >= 0.3 is 0 Å². The Kier molecular flexibility index (Phi) is 6.84. The van der Waals surface area contributed by atoms with Crippen LogP contribution in [-0.4, -0.2) is 19.1 Å². The van der Waals surface area contributed by atoms with Crippen LogP contribution in [0.2, 0.25) is 0 Å². The van der Waals surface area contributed by atoms with E-state index in [2.05, 4.69) is 143 Å². The first-order chi connectivity index (χ1) is 29.6. The normalized spacial score (nSPS) is 12.1. The van der Waals surface area contributed by atoms with E-state index in [1.54, 1.807) is 12.1 Å². The summed E-state index contributed by atoms with van der Waals surface area (Å²) < 4.78 is 25.3. The standard InChI is InChI=1S/C54H31FN4O/c55-36-22-27-48-44(31-36)52-38-10-2-1-9-32(38)19-26-49(52)58(48)37-23-17-33(18-24-37)53-41-13-3-6-14-45(41)56-54(57-53)59-46-15-7-4-11-39(46)42-29-34(20-25-47(42)59)35-21-28-51-43(30-35)40-12-5-8-16-50(40)60-51/h1-31H. The van der Waals surface area contributed by atoms with Crippen molar-refractivity contribution in [3.8, 4) is 34.0 Å². The lowest BCUT2D eigenvalue weighted by molar-refractivity contribution is 0.629. The van der Waals surface area contributed by atoms with E-state index in [0.29, 0.717) is 5.95 Å². The lowest BCUT2D eigenvalue weighted by atomic mass is 10.0. The molecule has 0 radical (unpaired) electrons. The molecule has 60 heavy (non-hydrogen) atoms. The molecule has 0 N–H and O–H groups in total. The molecule has 0 bridgehead atoms. The number of fused-ring (bicyclic) bond motifs is 12. The van der Waals surface area contributed by atoms with Gasteiger partial charge in [0, 0.05) is 49.0 Å². The molecule has 280 valence electrons. The van der Waals surface area contributed by atoms with Gasteiger partial charge in [-0.05, 0) is 101 Å². The van der Waals surface area contributed by atoms with Gasteiger partial charge in [0.15, 0.2) is 0 Å². The van der Waals surface area contributed by atoms with Gasteiger partial charge in [0.2, 0.25) is 5.95 Å². The molecular formula is C54H31FN4O. The minimum absolute atomic E-state index is 0.249. The van der Waals surface area contributed by atoms with Crippen LogP contribution in [0.4, 0.5) is 4.39 Å². The molecular weight excluding hydrogens is 740 g/mol. The van der Waals surface area contributed by atoms with E-state index in [-0.39, 0.29) is 5.82 Å². The van der Waals surface area contributed by atoms with Crippen LogP contribution in [0.15, 0.2) is 192 Å². The van der Waals surface area contributed by atoms with Gasteiger partial charge in [0.25, 0.3) is 0 Å². The number of nitrogens with zero attached hydrogens (tertiary/aromatic N) is 4. The first-order valence-corrected chi connectivity index (χ1v) is 20.1. The van der Waals surface area contributed by atoms with Crippen LogP contribution >= 0.6 is 0 Å². The van der Waals surface area contributed by atoms with E-state index < -0.39 is 0 Å². The van der Waals surface area contributed by atoms with Gasteiger partial charge < -0.3 is 8.98 Å². The van der Waals surface area contributed by atoms with E-state index in [9.17, 15) is 4.39 Å². The van der Waals surface area contributed by atoms with E-state index in [1.165, 1.54) is 0 Å². The lowest BCUT2D eigenvalue weighted by Crippen LogP contribution is -2.03. The molecule has 0 aliphatic carbocycles. The minimum Gasteiger partial charge on any atom is -0.456 e. The maximum Gasteiger partial charge on any atom is 0.235 e. The molecule has 6 heteroatoms. The minimum atomic E-state index is -0.249. The van der Waals surface area contributed by atoms with Crippen molar-refractivity contribution in [2.75, 3.05) is 0 Å². The van der Waals surface area contributed by atoms with Gasteiger partial charge in [0.05, 0.1) is 33.3 Å². The number of para-hydroxylation sites is 3. The van der Waals surface area contributed by atoms with Gasteiger partial charge in [-0.1, -0.05) is 109 Å². The number of benzene rings is 9. The summed E-state index contributed by atoms with van der Waals surface area (Å²) in [6.45, 7) is 0.